The molecule has 4 amide bonds. The number of carbonyl (C=O) groups is 4. The Morgan fingerprint density at radius 2 is 1.05 bits per heavy atom. The van der Waals surface area contributed by atoms with Crippen molar-refractivity contribution in [1.29, 1.82) is 0 Å². The first kappa shape index (κ1) is 13.1. The number of hydrogen-bond acceptors (Lipinski definition) is 6. The summed E-state index contributed by atoms with van der Waals surface area (Å²) in [4.78, 5) is 52.0. The van der Waals surface area contributed by atoms with E-state index < -0.39 is 62.2 Å². The Hall–Kier alpha value is -2.60. The average molecular weight is 314 g/mol. The monoisotopic (exact) mass is 314 g/mol. The maximum atomic E-state index is 12.5. The third-order valence-electron chi connectivity index (χ3n) is 4.45. The van der Waals surface area contributed by atoms with E-state index in [1.165, 1.54) is 0 Å². The predicted octanol–water partition coefficient (Wildman–Crippen LogP) is -2.09. The molecule has 22 heavy (non-hydrogen) atoms. The molecule has 4 fully saturated rings. The smallest absolute Gasteiger partial charge is 0.356 e. The van der Waals surface area contributed by atoms with Crippen molar-refractivity contribution in [3.8, 4) is 0 Å². The lowest BCUT2D eigenvalue weighted by Gasteiger charge is -2.46. The summed E-state index contributed by atoms with van der Waals surface area (Å²) < 4.78 is 10.2. The molecule has 0 unspecified atom stereocenters. The molecule has 0 aliphatic carbocycles. The van der Waals surface area contributed by atoms with Crippen molar-refractivity contribution in [2.24, 2.45) is 0 Å². The number of carbonyl (C=O) groups excluding carboxylic acids is 2. The van der Waals surface area contributed by atoms with Crippen molar-refractivity contribution in [2.75, 3.05) is 26.9 Å². The fourth-order valence-corrected chi connectivity index (χ4v) is 3.69. The minimum Gasteiger partial charge on any atom is -0.478 e. The second kappa shape index (κ2) is 3.59. The molecule has 0 radical (unpaired) electrons. The number of rotatable bonds is 2. The molecule has 0 atom stereocenters. The largest absolute Gasteiger partial charge is 0.478 e. The van der Waals surface area contributed by atoms with Gasteiger partial charge in [-0.3, -0.25) is 19.6 Å². The van der Waals surface area contributed by atoms with Gasteiger partial charge < -0.3 is 19.7 Å². The zero-order valence-corrected chi connectivity index (χ0v) is 11.0. The molecule has 2 N–H and O–H groups in total. The molecule has 118 valence electrons. The van der Waals surface area contributed by atoms with Crippen molar-refractivity contribution < 1.29 is 38.9 Å². The highest BCUT2D eigenvalue weighted by Crippen LogP contribution is 2.54. The van der Waals surface area contributed by atoms with Crippen molar-refractivity contribution in [1.82, 2.24) is 19.6 Å². The zero-order valence-electron chi connectivity index (χ0n) is 11.0. The van der Waals surface area contributed by atoms with Gasteiger partial charge in [-0.15, -0.1) is 0 Å². The number of carboxylic acids is 2. The van der Waals surface area contributed by atoms with Crippen LogP contribution in [-0.4, -0.2) is 92.1 Å². The minimum absolute atomic E-state index is 0.436. The quantitative estimate of drug-likeness (QED) is 0.591. The molecule has 0 spiro atoms. The molecule has 0 saturated carbocycles. The highest BCUT2D eigenvalue weighted by molar-refractivity contribution is 6.08. The van der Waals surface area contributed by atoms with E-state index in [9.17, 15) is 29.4 Å². The van der Waals surface area contributed by atoms with E-state index in [1.54, 1.807) is 0 Å². The molecular formula is C10H10N4O8. The van der Waals surface area contributed by atoms with E-state index in [2.05, 4.69) is 0 Å². The first-order valence-electron chi connectivity index (χ1n) is 6.22. The van der Waals surface area contributed by atoms with Gasteiger partial charge in [0.1, 0.15) is 26.9 Å². The van der Waals surface area contributed by atoms with E-state index in [1.807, 2.05) is 0 Å². The second-order valence-corrected chi connectivity index (χ2v) is 5.16. The van der Waals surface area contributed by atoms with Gasteiger partial charge in [0.25, 0.3) is 11.3 Å². The van der Waals surface area contributed by atoms with Crippen molar-refractivity contribution in [3.63, 3.8) is 0 Å². The number of amides is 4. The van der Waals surface area contributed by atoms with Gasteiger partial charge in [-0.1, -0.05) is 0 Å². The van der Waals surface area contributed by atoms with Crippen LogP contribution in [0.25, 0.3) is 0 Å². The Morgan fingerprint density at radius 1 is 0.773 bits per heavy atom. The van der Waals surface area contributed by atoms with Gasteiger partial charge in [0, 0.05) is 0 Å². The molecule has 4 rings (SSSR count). The molecule has 4 aliphatic heterocycles. The summed E-state index contributed by atoms with van der Waals surface area (Å²) in [7, 11) is 0. The summed E-state index contributed by atoms with van der Waals surface area (Å²) in [5.74, 6) is -3.24. The van der Waals surface area contributed by atoms with Crippen molar-refractivity contribution >= 4 is 24.0 Å². The third kappa shape index (κ3) is 0.944. The minimum atomic E-state index is -2.39. The van der Waals surface area contributed by atoms with Crippen LogP contribution in [0.5, 0.6) is 0 Å². The first-order chi connectivity index (χ1) is 10.4. The maximum Gasteiger partial charge on any atom is 0.356 e. The maximum absolute atomic E-state index is 12.5. The topological polar surface area (TPSA) is 140 Å². The lowest BCUT2D eigenvalue weighted by Crippen LogP contribution is -2.77. The lowest BCUT2D eigenvalue weighted by molar-refractivity contribution is -0.222. The van der Waals surface area contributed by atoms with Crippen LogP contribution in [0, 0.1) is 0 Å². The van der Waals surface area contributed by atoms with Crippen LogP contribution in [0.3, 0.4) is 0 Å². The van der Waals surface area contributed by atoms with Gasteiger partial charge in [-0.2, -0.15) is 0 Å². The number of carboxylic acid groups (broad SMARTS) is 2. The van der Waals surface area contributed by atoms with Gasteiger partial charge in [-0.05, 0) is 0 Å². The van der Waals surface area contributed by atoms with E-state index in [0.29, 0.717) is 0 Å². The SMILES string of the molecule is O=C1N2COCN3C(=O)N4COCN1[C@]4(C(=O)O)[C@]23C(=O)O. The summed E-state index contributed by atoms with van der Waals surface area (Å²) in [5.41, 5.74) is -4.79. The normalized spacial score (nSPS) is 36.0. The Labute approximate surface area is 122 Å². The van der Waals surface area contributed by atoms with E-state index in [-0.39, 0.29) is 0 Å². The van der Waals surface area contributed by atoms with E-state index in [0.717, 1.165) is 19.6 Å². The average Bonchev–Trinajstić information content (AvgIpc) is 2.88. The Kier molecular flexibility index (Phi) is 2.14. The highest BCUT2D eigenvalue weighted by Gasteiger charge is 2.88. The van der Waals surface area contributed by atoms with Crippen molar-refractivity contribution in [2.45, 2.75) is 11.3 Å². The molecule has 4 saturated heterocycles. The number of nitrogens with zero attached hydrogens (tertiary/aromatic N) is 4. The van der Waals surface area contributed by atoms with Crippen LogP contribution in [-0.2, 0) is 19.1 Å². The van der Waals surface area contributed by atoms with Gasteiger partial charge >= 0.3 is 24.0 Å². The molecule has 0 aromatic carbocycles. The molecule has 4 heterocycles. The second-order valence-electron chi connectivity index (χ2n) is 5.16. The fourth-order valence-electron chi connectivity index (χ4n) is 3.69. The third-order valence-corrected chi connectivity index (χ3v) is 4.45. The van der Waals surface area contributed by atoms with Gasteiger partial charge in [0.15, 0.2) is 0 Å². The number of hydrogen-bond donors (Lipinski definition) is 2. The summed E-state index contributed by atoms with van der Waals surface area (Å²) in [6.07, 6.45) is 0. The molecule has 0 bridgehead atoms. The molecule has 0 aromatic rings. The van der Waals surface area contributed by atoms with Gasteiger partial charge in [0.05, 0.1) is 0 Å². The van der Waals surface area contributed by atoms with Gasteiger partial charge in [0.2, 0.25) is 0 Å². The Bertz CT molecular complexity index is 552. The van der Waals surface area contributed by atoms with Crippen molar-refractivity contribution in [3.05, 3.63) is 0 Å². The van der Waals surface area contributed by atoms with Crippen LogP contribution in [0.15, 0.2) is 0 Å². The summed E-state index contributed by atoms with van der Waals surface area (Å²) in [5, 5.41) is 19.6. The van der Waals surface area contributed by atoms with E-state index >= 15 is 0 Å². The molecule has 12 heteroatoms. The number of aliphatic carboxylic acids is 2. The Balaban J connectivity index is 2.10. The van der Waals surface area contributed by atoms with Crippen LogP contribution >= 0.6 is 0 Å². The van der Waals surface area contributed by atoms with Gasteiger partial charge in [-0.25, -0.2) is 19.2 Å². The lowest BCUT2D eigenvalue weighted by atomic mass is 9.91. The first-order valence-corrected chi connectivity index (χ1v) is 6.22. The highest BCUT2D eigenvalue weighted by atomic mass is 16.5. The summed E-state index contributed by atoms with van der Waals surface area (Å²) in [6.45, 7) is -1.74. The molecule has 0 aromatic heterocycles. The summed E-state index contributed by atoms with van der Waals surface area (Å²) >= 11 is 0. The standard InChI is InChI=1S/C10H10N4O8/c15-5(16)9-10(6(17)18)13-3-22-4-14(10)8(20)12(9)2-21-1-11(9)7(13)19/h1-4H2,(H,15,16)(H,17,18)/t9-,10+. The fraction of sp³-hybridized carbons (Fsp3) is 0.600. The Morgan fingerprint density at radius 3 is 1.27 bits per heavy atom. The molecule has 4 aliphatic rings. The van der Waals surface area contributed by atoms with E-state index in [4.69, 9.17) is 9.47 Å². The van der Waals surface area contributed by atoms with Crippen LogP contribution in [0.1, 0.15) is 0 Å². The number of ether oxygens (including phenoxy) is 2. The van der Waals surface area contributed by atoms with Crippen LogP contribution in [0.4, 0.5) is 9.59 Å². The predicted molar refractivity (Wildman–Crippen MR) is 60.5 cm³/mol. The van der Waals surface area contributed by atoms with Crippen LogP contribution in [0.2, 0.25) is 0 Å². The summed E-state index contributed by atoms with van der Waals surface area (Å²) in [6, 6.07) is -1.77. The zero-order chi connectivity index (χ0) is 15.9. The number of urea groups is 2. The molecular weight excluding hydrogens is 304 g/mol. The van der Waals surface area contributed by atoms with Crippen LogP contribution < -0.4 is 0 Å². The molecule has 12 nitrogen and oxygen atoms in total.